The molecule has 0 atom stereocenters. The highest BCUT2D eigenvalue weighted by Gasteiger charge is 2.19. The number of hydrogen-bond acceptors (Lipinski definition) is 4. The molecule has 31 heavy (non-hydrogen) atoms. The van der Waals surface area contributed by atoms with Gasteiger partial charge in [0.2, 0.25) is 0 Å². The average Bonchev–Trinajstić information content (AvgIpc) is 2.73. The van der Waals surface area contributed by atoms with E-state index >= 15 is 0 Å². The van der Waals surface area contributed by atoms with Gasteiger partial charge in [-0.05, 0) is 58.9 Å². The molecule has 0 aliphatic rings. The molecule has 0 amide bonds. The van der Waals surface area contributed by atoms with Crippen LogP contribution in [0.25, 0.3) is 11.1 Å². The van der Waals surface area contributed by atoms with Crippen molar-refractivity contribution in [1.29, 1.82) is 0 Å². The van der Waals surface area contributed by atoms with Crippen LogP contribution < -0.4 is 4.72 Å². The zero-order valence-electron chi connectivity index (χ0n) is 18.4. The van der Waals surface area contributed by atoms with Gasteiger partial charge in [-0.3, -0.25) is 4.72 Å². The van der Waals surface area contributed by atoms with Gasteiger partial charge in [0, 0.05) is 5.69 Å². The molecule has 0 unspecified atom stereocenters. The number of carbonyl (C=O) groups excluding carboxylic acids is 1. The Morgan fingerprint density at radius 3 is 1.94 bits per heavy atom. The Morgan fingerprint density at radius 1 is 0.871 bits per heavy atom. The zero-order chi connectivity index (χ0) is 22.8. The minimum atomic E-state index is -3.85. The number of hydrogen-bond donors (Lipinski definition) is 1. The summed E-state index contributed by atoms with van der Waals surface area (Å²) in [7, 11) is -2.59. The minimum Gasteiger partial charge on any atom is -0.465 e. The number of nitrogens with one attached hydrogen (secondary N) is 1. The van der Waals surface area contributed by atoms with Crippen molar-refractivity contribution < 1.29 is 17.9 Å². The molecule has 3 aromatic carbocycles. The number of benzene rings is 3. The van der Waals surface area contributed by atoms with Crippen LogP contribution in [0.15, 0.2) is 71.6 Å². The molecular formula is C25H27NO4S. The van der Waals surface area contributed by atoms with Gasteiger partial charge in [-0.1, -0.05) is 63.2 Å². The number of rotatable bonds is 5. The minimum absolute atomic E-state index is 0.000320. The molecule has 0 radical (unpaired) electrons. The average molecular weight is 438 g/mol. The predicted molar refractivity (Wildman–Crippen MR) is 124 cm³/mol. The van der Waals surface area contributed by atoms with E-state index in [0.29, 0.717) is 11.3 Å². The summed E-state index contributed by atoms with van der Waals surface area (Å²) in [6.45, 7) is 8.24. The van der Waals surface area contributed by atoms with E-state index in [2.05, 4.69) is 49.8 Å². The molecular weight excluding hydrogens is 410 g/mol. The fraction of sp³-hybridized carbons (Fsp3) is 0.240. The second kappa shape index (κ2) is 8.55. The predicted octanol–water partition coefficient (Wildman–Crippen LogP) is 5.55. The maximum Gasteiger partial charge on any atom is 0.338 e. The van der Waals surface area contributed by atoms with E-state index in [4.69, 9.17) is 4.74 Å². The molecule has 162 valence electrons. The molecule has 6 heteroatoms. The number of anilines is 1. The third kappa shape index (κ3) is 5.14. The Labute approximate surface area is 184 Å². The smallest absolute Gasteiger partial charge is 0.338 e. The van der Waals surface area contributed by atoms with Crippen molar-refractivity contribution in [3.05, 3.63) is 83.4 Å². The lowest BCUT2D eigenvalue weighted by Gasteiger charge is -2.19. The van der Waals surface area contributed by atoms with Crippen LogP contribution in [0.3, 0.4) is 0 Å². The number of ether oxygens (including phenoxy) is 1. The number of methoxy groups -OCH3 is 1. The van der Waals surface area contributed by atoms with Crippen molar-refractivity contribution >= 4 is 21.7 Å². The van der Waals surface area contributed by atoms with Gasteiger partial charge in [0.15, 0.2) is 0 Å². The molecule has 0 aliphatic heterocycles. The number of aryl methyl sites for hydroxylation is 1. The quantitative estimate of drug-likeness (QED) is 0.532. The van der Waals surface area contributed by atoms with E-state index in [1.54, 1.807) is 25.1 Å². The first-order valence-electron chi connectivity index (χ1n) is 9.94. The van der Waals surface area contributed by atoms with Crippen LogP contribution in [0.2, 0.25) is 0 Å². The van der Waals surface area contributed by atoms with E-state index in [9.17, 15) is 13.2 Å². The molecule has 3 aromatic rings. The molecule has 3 rings (SSSR count). The van der Waals surface area contributed by atoms with Crippen LogP contribution in [0.5, 0.6) is 0 Å². The molecule has 0 aliphatic carbocycles. The van der Waals surface area contributed by atoms with E-state index in [-0.39, 0.29) is 15.9 Å². The standard InChI is InChI=1S/C25H27NO4S/c1-17-6-15-22(16-23(17)24(27)30-5)31(28,29)26-21-13-9-19(10-14-21)18-7-11-20(12-8-18)25(2,3)4/h6-16,26H,1-5H3. The van der Waals surface area contributed by atoms with Crippen LogP contribution in [-0.2, 0) is 20.2 Å². The fourth-order valence-electron chi connectivity index (χ4n) is 3.21. The summed E-state index contributed by atoms with van der Waals surface area (Å²) in [6, 6.07) is 19.9. The first-order valence-corrected chi connectivity index (χ1v) is 11.4. The van der Waals surface area contributed by atoms with E-state index in [1.807, 2.05) is 12.1 Å². The highest BCUT2D eigenvalue weighted by molar-refractivity contribution is 7.92. The Kier molecular flexibility index (Phi) is 6.23. The van der Waals surface area contributed by atoms with Crippen LogP contribution >= 0.6 is 0 Å². The summed E-state index contributed by atoms with van der Waals surface area (Å²) in [5.41, 5.74) is 4.70. The number of carbonyl (C=O) groups is 1. The summed E-state index contributed by atoms with van der Waals surface area (Å²) >= 11 is 0. The SMILES string of the molecule is COC(=O)c1cc(S(=O)(=O)Nc2ccc(-c3ccc(C(C)(C)C)cc3)cc2)ccc1C. The topological polar surface area (TPSA) is 72.5 Å². The Balaban J connectivity index is 1.81. The molecule has 5 nitrogen and oxygen atoms in total. The third-order valence-electron chi connectivity index (χ3n) is 5.15. The van der Waals surface area contributed by atoms with Gasteiger partial charge in [0.05, 0.1) is 17.6 Å². The molecule has 1 N–H and O–H groups in total. The van der Waals surface area contributed by atoms with Crippen LogP contribution in [0.1, 0.15) is 42.3 Å². The highest BCUT2D eigenvalue weighted by atomic mass is 32.2. The Morgan fingerprint density at radius 2 is 1.42 bits per heavy atom. The second-order valence-electron chi connectivity index (χ2n) is 8.48. The van der Waals surface area contributed by atoms with E-state index in [0.717, 1.165) is 11.1 Å². The number of esters is 1. The lowest BCUT2D eigenvalue weighted by molar-refractivity contribution is 0.0599. The Hall–Kier alpha value is -3.12. The van der Waals surface area contributed by atoms with Gasteiger partial charge in [-0.2, -0.15) is 0 Å². The van der Waals surface area contributed by atoms with Gasteiger partial charge >= 0.3 is 5.97 Å². The van der Waals surface area contributed by atoms with Gasteiger partial charge in [0.1, 0.15) is 0 Å². The largest absolute Gasteiger partial charge is 0.465 e. The molecule has 0 heterocycles. The maximum atomic E-state index is 12.8. The molecule has 0 aromatic heterocycles. The molecule has 0 saturated heterocycles. The summed E-state index contributed by atoms with van der Waals surface area (Å²) in [5, 5.41) is 0. The lowest BCUT2D eigenvalue weighted by Crippen LogP contribution is -2.14. The fourth-order valence-corrected chi connectivity index (χ4v) is 4.29. The third-order valence-corrected chi connectivity index (χ3v) is 6.52. The molecule has 0 fully saturated rings. The van der Waals surface area contributed by atoms with Crippen LogP contribution in [-0.4, -0.2) is 21.5 Å². The van der Waals surface area contributed by atoms with Crippen LogP contribution in [0, 0.1) is 6.92 Å². The molecule has 0 spiro atoms. The van der Waals surface area contributed by atoms with Gasteiger partial charge in [-0.15, -0.1) is 0 Å². The van der Waals surface area contributed by atoms with Crippen molar-refractivity contribution in [2.24, 2.45) is 0 Å². The van der Waals surface area contributed by atoms with E-state index < -0.39 is 16.0 Å². The highest BCUT2D eigenvalue weighted by Crippen LogP contribution is 2.27. The van der Waals surface area contributed by atoms with Crippen molar-refractivity contribution in [3.8, 4) is 11.1 Å². The zero-order valence-corrected chi connectivity index (χ0v) is 19.2. The summed E-state index contributed by atoms with van der Waals surface area (Å²) in [4.78, 5) is 11.9. The summed E-state index contributed by atoms with van der Waals surface area (Å²) in [5.74, 6) is -0.573. The molecule has 0 saturated carbocycles. The first kappa shape index (κ1) is 22.6. The maximum absolute atomic E-state index is 12.8. The van der Waals surface area contributed by atoms with Gasteiger partial charge in [0.25, 0.3) is 10.0 Å². The van der Waals surface area contributed by atoms with E-state index in [1.165, 1.54) is 24.8 Å². The Bertz CT molecular complexity index is 1190. The normalized spacial score (nSPS) is 11.8. The van der Waals surface area contributed by atoms with Gasteiger partial charge < -0.3 is 4.74 Å². The number of sulfonamides is 1. The van der Waals surface area contributed by atoms with Crippen molar-refractivity contribution in [1.82, 2.24) is 0 Å². The summed E-state index contributed by atoms with van der Waals surface area (Å²) < 4.78 is 32.9. The van der Waals surface area contributed by atoms with Crippen molar-refractivity contribution in [2.75, 3.05) is 11.8 Å². The van der Waals surface area contributed by atoms with Gasteiger partial charge in [-0.25, -0.2) is 13.2 Å². The lowest BCUT2D eigenvalue weighted by atomic mass is 9.86. The summed E-state index contributed by atoms with van der Waals surface area (Å²) in [6.07, 6.45) is 0. The van der Waals surface area contributed by atoms with Crippen LogP contribution in [0.4, 0.5) is 5.69 Å². The monoisotopic (exact) mass is 437 g/mol. The second-order valence-corrected chi connectivity index (χ2v) is 10.2. The van der Waals surface area contributed by atoms with Crippen molar-refractivity contribution in [2.45, 2.75) is 38.0 Å². The van der Waals surface area contributed by atoms with Crippen molar-refractivity contribution in [3.63, 3.8) is 0 Å². The first-order chi connectivity index (χ1) is 14.5. The molecule has 0 bridgehead atoms.